The molecular formula is C53H35N3O. The molecule has 0 saturated carbocycles. The Morgan fingerprint density at radius 3 is 1.70 bits per heavy atom. The van der Waals surface area contributed by atoms with Crippen molar-refractivity contribution in [3.63, 3.8) is 0 Å². The maximum absolute atomic E-state index is 6.76. The second-order valence-electron chi connectivity index (χ2n) is 14.6. The van der Waals surface area contributed by atoms with Crippen molar-refractivity contribution in [3.05, 3.63) is 217 Å². The molecule has 1 unspecified atom stereocenters. The van der Waals surface area contributed by atoms with Crippen LogP contribution in [0.15, 0.2) is 215 Å². The molecular weight excluding hydrogens is 695 g/mol. The maximum Gasteiger partial charge on any atom is 0.159 e. The van der Waals surface area contributed by atoms with E-state index < -0.39 is 0 Å². The summed E-state index contributed by atoms with van der Waals surface area (Å²) in [5, 5.41) is 10.5. The van der Waals surface area contributed by atoms with E-state index in [0.717, 1.165) is 77.5 Å². The van der Waals surface area contributed by atoms with Gasteiger partial charge >= 0.3 is 0 Å². The SMILES string of the molecule is c1ccc(-c2ccc(-c3ccc(C4=NC(c5ccccc5)NC(c5cc(-c6cccc7ccccc67)cc6oc7cc8ccccc8cc7c56)=N4)cc3)cc2)cc1. The zero-order valence-corrected chi connectivity index (χ0v) is 30.9. The van der Waals surface area contributed by atoms with E-state index in [4.69, 9.17) is 14.4 Å². The van der Waals surface area contributed by atoms with Gasteiger partial charge in [-0.25, -0.2) is 9.98 Å². The first-order chi connectivity index (χ1) is 28.2. The van der Waals surface area contributed by atoms with Gasteiger partial charge in [-0.3, -0.25) is 0 Å². The summed E-state index contributed by atoms with van der Waals surface area (Å²) in [6.45, 7) is 0. The minimum atomic E-state index is -0.353. The Morgan fingerprint density at radius 2 is 0.982 bits per heavy atom. The van der Waals surface area contributed by atoms with Crippen molar-refractivity contribution < 1.29 is 4.42 Å². The van der Waals surface area contributed by atoms with Gasteiger partial charge in [0.1, 0.15) is 23.2 Å². The van der Waals surface area contributed by atoms with Crippen LogP contribution in [0.1, 0.15) is 22.9 Å². The summed E-state index contributed by atoms with van der Waals surface area (Å²) in [5.74, 6) is 1.42. The van der Waals surface area contributed by atoms with Crippen molar-refractivity contribution in [1.82, 2.24) is 5.32 Å². The molecule has 1 aliphatic rings. The molecule has 4 nitrogen and oxygen atoms in total. The third kappa shape index (κ3) is 5.96. The van der Waals surface area contributed by atoms with Crippen LogP contribution in [0.4, 0.5) is 0 Å². The monoisotopic (exact) mass is 729 g/mol. The van der Waals surface area contributed by atoms with Crippen LogP contribution in [-0.4, -0.2) is 11.7 Å². The number of rotatable bonds is 6. The first-order valence-electron chi connectivity index (χ1n) is 19.3. The smallest absolute Gasteiger partial charge is 0.159 e. The molecule has 1 atom stereocenters. The Hall–Kier alpha value is -7.56. The fourth-order valence-electron chi connectivity index (χ4n) is 8.23. The molecule has 0 aliphatic carbocycles. The van der Waals surface area contributed by atoms with Crippen LogP contribution in [0.2, 0.25) is 0 Å². The molecule has 11 rings (SSSR count). The third-order valence-electron chi connectivity index (χ3n) is 11.1. The molecule has 1 aliphatic heterocycles. The highest BCUT2D eigenvalue weighted by atomic mass is 16.3. The van der Waals surface area contributed by atoms with E-state index in [9.17, 15) is 0 Å². The average molecular weight is 730 g/mol. The van der Waals surface area contributed by atoms with Crippen LogP contribution in [0, 0.1) is 0 Å². The van der Waals surface area contributed by atoms with Gasteiger partial charge in [-0.2, -0.15) is 0 Å². The van der Waals surface area contributed by atoms with Crippen LogP contribution < -0.4 is 5.32 Å². The van der Waals surface area contributed by atoms with Crippen molar-refractivity contribution in [1.29, 1.82) is 0 Å². The number of hydrogen-bond donors (Lipinski definition) is 1. The van der Waals surface area contributed by atoms with Gasteiger partial charge in [-0.05, 0) is 84.8 Å². The molecule has 0 amide bonds. The molecule has 2 heterocycles. The summed E-state index contributed by atoms with van der Waals surface area (Å²) in [6, 6.07) is 70.5. The van der Waals surface area contributed by atoms with Gasteiger partial charge in [0, 0.05) is 21.9 Å². The predicted octanol–water partition coefficient (Wildman–Crippen LogP) is 13.4. The standard InChI is InChI=1S/C53H35N3O/c1-3-12-34(13-4-1)35-22-24-36(25-23-35)37-26-28-40(29-27-37)52-54-51(39-15-5-2-6-16-39)55-53(56-52)47-31-43(45-21-11-19-38-14-9-10-20-44(38)45)33-49-50(47)46-30-41-17-7-8-18-42(41)32-48(46)57-49/h1-33,51H,(H,54,55,56). The van der Waals surface area contributed by atoms with Gasteiger partial charge in [-0.1, -0.05) is 176 Å². The molecule has 0 spiro atoms. The summed E-state index contributed by atoms with van der Waals surface area (Å²) in [6.07, 6.45) is -0.353. The largest absolute Gasteiger partial charge is 0.456 e. The Kier molecular flexibility index (Phi) is 7.85. The number of hydrogen-bond acceptors (Lipinski definition) is 4. The number of furan rings is 1. The first-order valence-corrected chi connectivity index (χ1v) is 19.3. The quantitative estimate of drug-likeness (QED) is 0.185. The highest BCUT2D eigenvalue weighted by Crippen LogP contribution is 2.40. The fourth-order valence-corrected chi connectivity index (χ4v) is 8.23. The number of nitrogens with one attached hydrogen (secondary N) is 1. The summed E-state index contributed by atoms with van der Waals surface area (Å²) in [4.78, 5) is 10.6. The summed E-state index contributed by atoms with van der Waals surface area (Å²) in [7, 11) is 0. The van der Waals surface area contributed by atoms with Crippen LogP contribution in [-0.2, 0) is 0 Å². The molecule has 0 fully saturated rings. The van der Waals surface area contributed by atoms with Crippen molar-refractivity contribution in [2.75, 3.05) is 0 Å². The number of fused-ring (bicyclic) bond motifs is 5. The summed E-state index contributed by atoms with van der Waals surface area (Å²) < 4.78 is 6.76. The average Bonchev–Trinajstić information content (AvgIpc) is 3.65. The minimum absolute atomic E-state index is 0.353. The topological polar surface area (TPSA) is 49.9 Å². The highest BCUT2D eigenvalue weighted by molar-refractivity contribution is 6.24. The summed E-state index contributed by atoms with van der Waals surface area (Å²) in [5.41, 5.74) is 11.5. The zero-order chi connectivity index (χ0) is 37.7. The Morgan fingerprint density at radius 1 is 0.404 bits per heavy atom. The predicted molar refractivity (Wildman–Crippen MR) is 237 cm³/mol. The minimum Gasteiger partial charge on any atom is -0.456 e. The second-order valence-corrected chi connectivity index (χ2v) is 14.6. The molecule has 1 N–H and O–H groups in total. The van der Waals surface area contributed by atoms with Crippen molar-refractivity contribution in [2.24, 2.45) is 9.98 Å². The van der Waals surface area contributed by atoms with Crippen LogP contribution in [0.25, 0.3) is 76.9 Å². The Labute approximate surface area is 330 Å². The number of benzene rings is 9. The van der Waals surface area contributed by atoms with Gasteiger partial charge in [0.15, 0.2) is 5.84 Å². The maximum atomic E-state index is 6.76. The van der Waals surface area contributed by atoms with Gasteiger partial charge in [0.25, 0.3) is 0 Å². The molecule has 0 saturated heterocycles. The fraction of sp³-hybridized carbons (Fsp3) is 0.0189. The first kappa shape index (κ1) is 32.8. The van der Waals surface area contributed by atoms with E-state index >= 15 is 0 Å². The van der Waals surface area contributed by atoms with E-state index in [1.165, 1.54) is 21.9 Å². The van der Waals surface area contributed by atoms with Crippen molar-refractivity contribution >= 4 is 55.2 Å². The van der Waals surface area contributed by atoms with Crippen molar-refractivity contribution in [2.45, 2.75) is 6.17 Å². The summed E-state index contributed by atoms with van der Waals surface area (Å²) >= 11 is 0. The van der Waals surface area contributed by atoms with Gasteiger partial charge in [-0.15, -0.1) is 0 Å². The number of amidine groups is 2. The number of nitrogens with zero attached hydrogens (tertiary/aromatic N) is 2. The Bertz CT molecular complexity index is 3170. The van der Waals surface area contributed by atoms with Crippen LogP contribution in [0.5, 0.6) is 0 Å². The van der Waals surface area contributed by atoms with Crippen LogP contribution in [0.3, 0.4) is 0 Å². The lowest BCUT2D eigenvalue weighted by Crippen LogP contribution is -2.33. The lowest BCUT2D eigenvalue weighted by atomic mass is 9.94. The lowest BCUT2D eigenvalue weighted by Gasteiger charge is -2.24. The molecule has 1 aromatic heterocycles. The third-order valence-corrected chi connectivity index (χ3v) is 11.1. The molecule has 9 aromatic carbocycles. The van der Waals surface area contributed by atoms with E-state index in [2.05, 4.69) is 193 Å². The zero-order valence-electron chi connectivity index (χ0n) is 30.9. The molecule has 0 radical (unpaired) electrons. The van der Waals surface area contributed by atoms with Crippen LogP contribution >= 0.6 is 0 Å². The molecule has 268 valence electrons. The van der Waals surface area contributed by atoms with E-state index in [0.29, 0.717) is 5.84 Å². The van der Waals surface area contributed by atoms with Gasteiger partial charge in [0.05, 0.1) is 0 Å². The molecule has 10 aromatic rings. The van der Waals surface area contributed by atoms with E-state index in [1.54, 1.807) is 0 Å². The Balaban J connectivity index is 1.07. The van der Waals surface area contributed by atoms with E-state index in [-0.39, 0.29) is 6.17 Å². The molecule has 4 heteroatoms. The number of aliphatic imine (C=N–C) groups is 2. The normalized spacial score (nSPS) is 14.1. The van der Waals surface area contributed by atoms with Gasteiger partial charge < -0.3 is 9.73 Å². The van der Waals surface area contributed by atoms with Crippen molar-refractivity contribution in [3.8, 4) is 33.4 Å². The van der Waals surface area contributed by atoms with Gasteiger partial charge in [0.2, 0.25) is 0 Å². The molecule has 0 bridgehead atoms. The second kappa shape index (κ2) is 13.6. The molecule has 57 heavy (non-hydrogen) atoms. The highest BCUT2D eigenvalue weighted by Gasteiger charge is 2.25. The van der Waals surface area contributed by atoms with E-state index in [1.807, 2.05) is 12.1 Å². The lowest BCUT2D eigenvalue weighted by molar-refractivity contribution is 0.668.